The van der Waals surface area contributed by atoms with Gasteiger partial charge >= 0.3 is 0 Å². The lowest BCUT2D eigenvalue weighted by Gasteiger charge is -2.16. The second-order valence-corrected chi connectivity index (χ2v) is 5.00. The third-order valence-corrected chi connectivity index (χ3v) is 3.03. The summed E-state index contributed by atoms with van der Waals surface area (Å²) in [6, 6.07) is 7.39. The first-order valence-electron chi connectivity index (χ1n) is 6.53. The molecule has 0 aliphatic carbocycles. The smallest absolute Gasteiger partial charge is 0.247 e. The van der Waals surface area contributed by atoms with Crippen LogP contribution < -0.4 is 10.6 Å². The molecule has 0 saturated heterocycles. The molecule has 0 saturated carbocycles. The molecular formula is C15H19N3O2. The van der Waals surface area contributed by atoms with Crippen molar-refractivity contribution < 1.29 is 9.32 Å². The van der Waals surface area contributed by atoms with Gasteiger partial charge in [-0.3, -0.25) is 4.79 Å². The van der Waals surface area contributed by atoms with Crippen molar-refractivity contribution in [2.75, 3.05) is 10.6 Å². The molecule has 0 fully saturated rings. The topological polar surface area (TPSA) is 67.2 Å². The summed E-state index contributed by atoms with van der Waals surface area (Å²) in [7, 11) is 0. The summed E-state index contributed by atoms with van der Waals surface area (Å²) in [6.45, 7) is 7.64. The number of hydrogen-bond donors (Lipinski definition) is 2. The van der Waals surface area contributed by atoms with E-state index in [0.29, 0.717) is 11.6 Å². The van der Waals surface area contributed by atoms with Crippen LogP contribution in [0.15, 0.2) is 28.8 Å². The molecule has 0 unspecified atom stereocenters. The van der Waals surface area contributed by atoms with E-state index in [2.05, 4.69) is 21.9 Å². The van der Waals surface area contributed by atoms with Gasteiger partial charge in [-0.05, 0) is 39.3 Å². The normalized spacial score (nSPS) is 12.0. The summed E-state index contributed by atoms with van der Waals surface area (Å²) in [6.07, 6.45) is 0. The van der Waals surface area contributed by atoms with Crippen molar-refractivity contribution >= 4 is 17.4 Å². The number of benzene rings is 1. The molecule has 1 aromatic carbocycles. The minimum absolute atomic E-state index is 0.154. The number of nitrogens with zero attached hydrogens (tertiary/aromatic N) is 1. The fourth-order valence-electron chi connectivity index (χ4n) is 1.93. The Hall–Kier alpha value is -2.30. The monoisotopic (exact) mass is 273 g/mol. The first-order chi connectivity index (χ1) is 9.45. The maximum atomic E-state index is 12.0. The largest absolute Gasteiger partial charge is 0.374 e. The maximum Gasteiger partial charge on any atom is 0.247 e. The Labute approximate surface area is 118 Å². The molecule has 106 valence electrons. The van der Waals surface area contributed by atoms with Crippen LogP contribution in [-0.4, -0.2) is 17.1 Å². The second-order valence-electron chi connectivity index (χ2n) is 5.00. The van der Waals surface area contributed by atoms with Crippen LogP contribution in [-0.2, 0) is 4.79 Å². The first kappa shape index (κ1) is 14.1. The third kappa shape index (κ3) is 3.38. The van der Waals surface area contributed by atoms with E-state index in [1.165, 1.54) is 5.56 Å². The highest BCUT2D eigenvalue weighted by atomic mass is 16.5. The average Bonchev–Trinajstić information content (AvgIpc) is 2.78. The van der Waals surface area contributed by atoms with Gasteiger partial charge in [0.2, 0.25) is 5.91 Å². The average molecular weight is 273 g/mol. The quantitative estimate of drug-likeness (QED) is 0.898. The predicted molar refractivity (Wildman–Crippen MR) is 78.9 cm³/mol. The molecule has 20 heavy (non-hydrogen) atoms. The zero-order valence-electron chi connectivity index (χ0n) is 12.2. The number of aromatic nitrogens is 1. The van der Waals surface area contributed by atoms with E-state index in [-0.39, 0.29) is 11.9 Å². The molecule has 0 spiro atoms. The number of aryl methyl sites for hydroxylation is 3. The van der Waals surface area contributed by atoms with E-state index in [1.807, 2.05) is 32.9 Å². The van der Waals surface area contributed by atoms with Crippen molar-refractivity contribution in [2.24, 2.45) is 0 Å². The fraction of sp³-hybridized carbons (Fsp3) is 0.333. The predicted octanol–water partition coefficient (Wildman–Crippen LogP) is 3.04. The Kier molecular flexibility index (Phi) is 4.08. The molecule has 1 heterocycles. The summed E-state index contributed by atoms with van der Waals surface area (Å²) >= 11 is 0. The number of carbonyl (C=O) groups is 1. The standard InChI is InChI=1S/C15H19N3O2/c1-9-5-6-13(10(2)7-9)16-12(4)15(19)17-14-8-11(3)20-18-14/h5-8,12,16H,1-4H3,(H,17,18,19)/t12-/m0/s1. The molecule has 5 heteroatoms. The Morgan fingerprint density at radius 2 is 2.00 bits per heavy atom. The molecule has 5 nitrogen and oxygen atoms in total. The van der Waals surface area contributed by atoms with Crippen LogP contribution >= 0.6 is 0 Å². The van der Waals surface area contributed by atoms with E-state index in [0.717, 1.165) is 11.3 Å². The van der Waals surface area contributed by atoms with Crippen LogP contribution in [0.1, 0.15) is 23.8 Å². The van der Waals surface area contributed by atoms with E-state index in [4.69, 9.17) is 4.52 Å². The lowest BCUT2D eigenvalue weighted by atomic mass is 10.1. The van der Waals surface area contributed by atoms with E-state index in [1.54, 1.807) is 13.0 Å². The molecule has 0 aliphatic heterocycles. The van der Waals surface area contributed by atoms with E-state index < -0.39 is 0 Å². The number of anilines is 2. The number of amides is 1. The zero-order valence-corrected chi connectivity index (χ0v) is 12.2. The lowest BCUT2D eigenvalue weighted by molar-refractivity contribution is -0.116. The Bertz CT molecular complexity index is 619. The van der Waals surface area contributed by atoms with Gasteiger partial charge in [0.1, 0.15) is 11.8 Å². The molecule has 0 aliphatic rings. The van der Waals surface area contributed by atoms with Crippen molar-refractivity contribution in [1.82, 2.24) is 5.16 Å². The van der Waals surface area contributed by atoms with Gasteiger partial charge in [0.25, 0.3) is 0 Å². The highest BCUT2D eigenvalue weighted by Gasteiger charge is 2.15. The van der Waals surface area contributed by atoms with Crippen molar-refractivity contribution in [3.05, 3.63) is 41.2 Å². The van der Waals surface area contributed by atoms with Crippen LogP contribution in [0.2, 0.25) is 0 Å². The molecule has 0 radical (unpaired) electrons. The number of hydrogen-bond acceptors (Lipinski definition) is 4. The van der Waals surface area contributed by atoms with Crippen molar-refractivity contribution in [1.29, 1.82) is 0 Å². The SMILES string of the molecule is Cc1ccc(N[C@@H](C)C(=O)Nc2cc(C)on2)c(C)c1. The summed E-state index contributed by atoms with van der Waals surface area (Å²) in [5.74, 6) is 0.940. The highest BCUT2D eigenvalue weighted by Crippen LogP contribution is 2.17. The van der Waals surface area contributed by atoms with Crippen molar-refractivity contribution in [3.63, 3.8) is 0 Å². The summed E-state index contributed by atoms with van der Waals surface area (Å²) < 4.78 is 4.91. The molecule has 0 bridgehead atoms. The molecule has 2 N–H and O–H groups in total. The zero-order chi connectivity index (χ0) is 14.7. The molecule has 1 aromatic heterocycles. The minimum Gasteiger partial charge on any atom is -0.374 e. The highest BCUT2D eigenvalue weighted by molar-refractivity contribution is 5.95. The number of carbonyl (C=O) groups excluding carboxylic acids is 1. The van der Waals surface area contributed by atoms with Crippen LogP contribution in [0.5, 0.6) is 0 Å². The van der Waals surface area contributed by atoms with Crippen LogP contribution in [0.25, 0.3) is 0 Å². The van der Waals surface area contributed by atoms with Crippen molar-refractivity contribution in [2.45, 2.75) is 33.7 Å². The molecule has 2 aromatic rings. The molecule has 1 atom stereocenters. The number of rotatable bonds is 4. The van der Waals surface area contributed by atoms with E-state index >= 15 is 0 Å². The van der Waals surface area contributed by atoms with Gasteiger partial charge in [-0.15, -0.1) is 0 Å². The Morgan fingerprint density at radius 1 is 1.25 bits per heavy atom. The molecule has 1 amide bonds. The molecule has 2 rings (SSSR count). The van der Waals surface area contributed by atoms with Crippen molar-refractivity contribution in [3.8, 4) is 0 Å². The van der Waals surface area contributed by atoms with Crippen LogP contribution in [0.4, 0.5) is 11.5 Å². The van der Waals surface area contributed by atoms with Gasteiger partial charge in [-0.2, -0.15) is 0 Å². The van der Waals surface area contributed by atoms with Crippen LogP contribution in [0.3, 0.4) is 0 Å². The van der Waals surface area contributed by atoms with Gasteiger partial charge in [-0.1, -0.05) is 22.9 Å². The minimum atomic E-state index is -0.367. The Balaban J connectivity index is 2.00. The fourth-order valence-corrected chi connectivity index (χ4v) is 1.93. The maximum absolute atomic E-state index is 12.0. The summed E-state index contributed by atoms with van der Waals surface area (Å²) in [4.78, 5) is 12.0. The van der Waals surface area contributed by atoms with Gasteiger partial charge in [-0.25, -0.2) is 0 Å². The number of nitrogens with one attached hydrogen (secondary N) is 2. The van der Waals surface area contributed by atoms with Gasteiger partial charge in [0.15, 0.2) is 5.82 Å². The van der Waals surface area contributed by atoms with Gasteiger partial charge in [0.05, 0.1) is 0 Å². The summed E-state index contributed by atoms with van der Waals surface area (Å²) in [5, 5.41) is 9.64. The first-order valence-corrected chi connectivity index (χ1v) is 6.53. The molecular weight excluding hydrogens is 254 g/mol. The Morgan fingerprint density at radius 3 is 2.60 bits per heavy atom. The lowest BCUT2D eigenvalue weighted by Crippen LogP contribution is -2.32. The van der Waals surface area contributed by atoms with Crippen LogP contribution in [0, 0.1) is 20.8 Å². The second kappa shape index (κ2) is 5.77. The van der Waals surface area contributed by atoms with Gasteiger partial charge < -0.3 is 15.2 Å². The third-order valence-electron chi connectivity index (χ3n) is 3.03. The van der Waals surface area contributed by atoms with Gasteiger partial charge in [0, 0.05) is 11.8 Å². The van der Waals surface area contributed by atoms with E-state index in [9.17, 15) is 4.79 Å². The summed E-state index contributed by atoms with van der Waals surface area (Å²) in [5.41, 5.74) is 3.26.